The quantitative estimate of drug-likeness (QED) is 0.594. The third-order valence-electron chi connectivity index (χ3n) is 1.34. The van der Waals surface area contributed by atoms with Crippen LogP contribution in [0.3, 0.4) is 0 Å². The predicted molar refractivity (Wildman–Crippen MR) is 30.7 cm³/mol. The lowest BCUT2D eigenvalue weighted by molar-refractivity contribution is -0.133. The maximum Gasteiger partial charge on any atom is 0.304 e. The van der Waals surface area contributed by atoms with E-state index in [1.165, 1.54) is 0 Å². The molecule has 0 aromatic carbocycles. The Morgan fingerprint density at radius 2 is 2.00 bits per heavy atom. The van der Waals surface area contributed by atoms with E-state index in [1.807, 2.05) is 0 Å². The minimum atomic E-state index is -2.31. The van der Waals surface area contributed by atoms with Gasteiger partial charge in [-0.25, -0.2) is 4.39 Å². The Labute approximate surface area is 61.6 Å². The van der Waals surface area contributed by atoms with E-state index < -0.39 is 18.0 Å². The first kappa shape index (κ1) is 8.55. The van der Waals surface area contributed by atoms with Gasteiger partial charge in [0, 0.05) is 6.42 Å². The third kappa shape index (κ3) is 2.20. The fourth-order valence-corrected chi connectivity index (χ4v) is 0.784. The second-order valence-corrected chi connectivity index (χ2v) is 2.08. The average molecular weight is 168 g/mol. The Kier molecular flexibility index (Phi) is 2.90. The lowest BCUT2D eigenvalue weighted by atomic mass is 10.2. The SMILES string of the molecule is FC(F)=C(F)C1CCOCO1. The van der Waals surface area contributed by atoms with E-state index in [0.717, 1.165) is 0 Å². The molecule has 0 saturated carbocycles. The van der Waals surface area contributed by atoms with Crippen molar-refractivity contribution in [1.29, 1.82) is 0 Å². The largest absolute Gasteiger partial charge is 0.355 e. The van der Waals surface area contributed by atoms with Crippen molar-refractivity contribution in [3.63, 3.8) is 0 Å². The van der Waals surface area contributed by atoms with Crippen molar-refractivity contribution in [2.75, 3.05) is 13.4 Å². The van der Waals surface area contributed by atoms with E-state index in [-0.39, 0.29) is 19.8 Å². The van der Waals surface area contributed by atoms with Crippen molar-refractivity contribution in [1.82, 2.24) is 0 Å². The van der Waals surface area contributed by atoms with Crippen LogP contribution in [0.15, 0.2) is 11.9 Å². The van der Waals surface area contributed by atoms with Crippen LogP contribution in [0.25, 0.3) is 0 Å². The van der Waals surface area contributed by atoms with Crippen LogP contribution in [0.2, 0.25) is 0 Å². The second-order valence-electron chi connectivity index (χ2n) is 2.08. The molecule has 0 aliphatic carbocycles. The molecule has 1 saturated heterocycles. The highest BCUT2D eigenvalue weighted by molar-refractivity contribution is 4.99. The molecule has 0 aromatic heterocycles. The Morgan fingerprint density at radius 1 is 1.27 bits per heavy atom. The lowest BCUT2D eigenvalue weighted by Crippen LogP contribution is -2.24. The summed E-state index contributed by atoms with van der Waals surface area (Å²) in [7, 11) is 0. The van der Waals surface area contributed by atoms with Crippen LogP contribution in [0.5, 0.6) is 0 Å². The zero-order valence-corrected chi connectivity index (χ0v) is 5.65. The topological polar surface area (TPSA) is 18.5 Å². The minimum absolute atomic E-state index is 0.120. The minimum Gasteiger partial charge on any atom is -0.355 e. The summed E-state index contributed by atoms with van der Waals surface area (Å²) in [5, 5.41) is 0. The summed E-state index contributed by atoms with van der Waals surface area (Å²) >= 11 is 0. The van der Waals surface area contributed by atoms with E-state index in [2.05, 4.69) is 9.47 Å². The fourth-order valence-electron chi connectivity index (χ4n) is 0.784. The van der Waals surface area contributed by atoms with Crippen LogP contribution in [-0.4, -0.2) is 19.5 Å². The zero-order valence-electron chi connectivity index (χ0n) is 5.65. The Morgan fingerprint density at radius 3 is 2.45 bits per heavy atom. The number of hydrogen-bond acceptors (Lipinski definition) is 2. The van der Waals surface area contributed by atoms with Gasteiger partial charge in [0.05, 0.1) is 6.61 Å². The maximum atomic E-state index is 12.4. The molecule has 0 spiro atoms. The summed E-state index contributed by atoms with van der Waals surface area (Å²) in [6.45, 7) is 0.136. The summed E-state index contributed by atoms with van der Waals surface area (Å²) in [6, 6.07) is 0. The lowest BCUT2D eigenvalue weighted by Gasteiger charge is -2.20. The molecule has 1 heterocycles. The molecule has 0 aromatic rings. The standard InChI is InChI=1S/C6H7F3O2/c7-5(6(8)9)4-1-2-10-3-11-4/h4H,1-3H2. The van der Waals surface area contributed by atoms with Gasteiger partial charge in [-0.3, -0.25) is 0 Å². The molecule has 0 amide bonds. The Balaban J connectivity index is 2.52. The van der Waals surface area contributed by atoms with Crippen LogP contribution in [0.4, 0.5) is 13.2 Å². The number of halogens is 3. The smallest absolute Gasteiger partial charge is 0.304 e. The van der Waals surface area contributed by atoms with Gasteiger partial charge in [0.15, 0.2) is 5.83 Å². The molecular formula is C6H7F3O2. The number of ether oxygens (including phenoxy) is 2. The third-order valence-corrected chi connectivity index (χ3v) is 1.34. The van der Waals surface area contributed by atoms with Crippen LogP contribution in [0.1, 0.15) is 6.42 Å². The van der Waals surface area contributed by atoms with Crippen molar-refractivity contribution in [2.24, 2.45) is 0 Å². The zero-order chi connectivity index (χ0) is 8.27. The van der Waals surface area contributed by atoms with Gasteiger partial charge in [-0.05, 0) is 0 Å². The highest BCUT2D eigenvalue weighted by atomic mass is 19.3. The van der Waals surface area contributed by atoms with Gasteiger partial charge in [-0.15, -0.1) is 0 Å². The van der Waals surface area contributed by atoms with Gasteiger partial charge in [0.25, 0.3) is 0 Å². The van der Waals surface area contributed by atoms with Gasteiger partial charge in [-0.1, -0.05) is 0 Å². The molecular weight excluding hydrogens is 161 g/mol. The van der Waals surface area contributed by atoms with E-state index in [9.17, 15) is 13.2 Å². The first-order chi connectivity index (χ1) is 5.22. The van der Waals surface area contributed by atoms with Crippen molar-refractivity contribution in [3.8, 4) is 0 Å². The molecule has 11 heavy (non-hydrogen) atoms. The fraction of sp³-hybridized carbons (Fsp3) is 0.667. The van der Waals surface area contributed by atoms with E-state index in [0.29, 0.717) is 0 Å². The second kappa shape index (κ2) is 3.73. The van der Waals surface area contributed by atoms with Gasteiger partial charge in [0.2, 0.25) is 0 Å². The van der Waals surface area contributed by atoms with Gasteiger partial charge >= 0.3 is 6.08 Å². The molecule has 1 aliphatic heterocycles. The summed E-state index contributed by atoms with van der Waals surface area (Å²) < 4.78 is 44.8. The summed E-state index contributed by atoms with van der Waals surface area (Å²) in [6.07, 6.45) is -3.28. The van der Waals surface area contributed by atoms with Crippen molar-refractivity contribution in [2.45, 2.75) is 12.5 Å². The Bertz CT molecular complexity index is 159. The van der Waals surface area contributed by atoms with Crippen molar-refractivity contribution >= 4 is 0 Å². The van der Waals surface area contributed by atoms with Gasteiger partial charge < -0.3 is 9.47 Å². The van der Waals surface area contributed by atoms with Gasteiger partial charge in [0.1, 0.15) is 12.9 Å². The van der Waals surface area contributed by atoms with Crippen LogP contribution < -0.4 is 0 Å². The molecule has 0 N–H and O–H groups in total. The summed E-state index contributed by atoms with van der Waals surface area (Å²) in [5.41, 5.74) is 0. The molecule has 5 heteroatoms. The first-order valence-corrected chi connectivity index (χ1v) is 3.12. The molecule has 1 fully saturated rings. The number of rotatable bonds is 1. The molecule has 1 unspecified atom stereocenters. The van der Waals surface area contributed by atoms with Crippen LogP contribution in [-0.2, 0) is 9.47 Å². The van der Waals surface area contributed by atoms with Crippen LogP contribution >= 0.6 is 0 Å². The summed E-state index contributed by atoms with van der Waals surface area (Å²) in [5.74, 6) is -1.48. The Hall–Kier alpha value is -0.550. The molecule has 64 valence electrons. The van der Waals surface area contributed by atoms with E-state index in [4.69, 9.17) is 0 Å². The van der Waals surface area contributed by atoms with Crippen molar-refractivity contribution < 1.29 is 22.6 Å². The van der Waals surface area contributed by atoms with E-state index in [1.54, 1.807) is 0 Å². The molecule has 1 rings (SSSR count). The molecule has 1 atom stereocenters. The highest BCUT2D eigenvalue weighted by Gasteiger charge is 2.22. The number of hydrogen-bond donors (Lipinski definition) is 0. The molecule has 2 nitrogen and oxygen atoms in total. The molecule has 1 aliphatic rings. The average Bonchev–Trinajstić information content (AvgIpc) is 2.05. The highest BCUT2D eigenvalue weighted by Crippen LogP contribution is 2.21. The van der Waals surface area contributed by atoms with Crippen LogP contribution in [0, 0.1) is 0 Å². The normalized spacial score (nSPS) is 24.8. The molecule has 0 bridgehead atoms. The monoisotopic (exact) mass is 168 g/mol. The molecule has 0 radical (unpaired) electrons. The van der Waals surface area contributed by atoms with E-state index >= 15 is 0 Å². The maximum absolute atomic E-state index is 12.4. The summed E-state index contributed by atoms with van der Waals surface area (Å²) in [4.78, 5) is 0. The first-order valence-electron chi connectivity index (χ1n) is 3.12. The van der Waals surface area contributed by atoms with Gasteiger partial charge in [-0.2, -0.15) is 8.78 Å². The predicted octanol–water partition coefficient (Wildman–Crippen LogP) is 1.83. The van der Waals surface area contributed by atoms with Crippen molar-refractivity contribution in [3.05, 3.63) is 11.9 Å².